The van der Waals surface area contributed by atoms with E-state index < -0.39 is 30.2 Å². The van der Waals surface area contributed by atoms with Gasteiger partial charge in [0.05, 0.1) is 0 Å². The molecule has 3 aromatic rings. The number of carbonyl (C=O) groups excluding carboxylic acids is 2. The maximum atomic E-state index is 13.5. The van der Waals surface area contributed by atoms with Crippen LogP contribution < -0.4 is 24.7 Å². The SMILES string of the molecule is COc1ccc(Br)c[c]1[Sb]([O]C(=O)CBr)([O]C(=O)CBr)([c]1cc(Br)ccc1OC)[c]1cc(Br)ccc1OC. The topological polar surface area (TPSA) is 80.3 Å². The van der Waals surface area contributed by atoms with Crippen LogP contribution >= 0.6 is 79.6 Å². The summed E-state index contributed by atoms with van der Waals surface area (Å²) in [6.07, 6.45) is 0. The van der Waals surface area contributed by atoms with Crippen LogP contribution in [0.1, 0.15) is 0 Å². The van der Waals surface area contributed by atoms with Crippen molar-refractivity contribution in [1.29, 1.82) is 0 Å². The number of carbonyl (C=O) groups is 2. The van der Waals surface area contributed by atoms with E-state index >= 15 is 0 Å². The van der Waals surface area contributed by atoms with E-state index in [2.05, 4.69) is 79.6 Å². The quantitative estimate of drug-likeness (QED) is 0.202. The zero-order valence-electron chi connectivity index (χ0n) is 20.3. The summed E-state index contributed by atoms with van der Waals surface area (Å²) in [5.41, 5.74) is 0. The van der Waals surface area contributed by atoms with Crippen molar-refractivity contribution in [2.75, 3.05) is 32.0 Å². The van der Waals surface area contributed by atoms with Gasteiger partial charge in [0.25, 0.3) is 0 Å². The Morgan fingerprint density at radius 2 is 0.895 bits per heavy atom. The molecule has 204 valence electrons. The van der Waals surface area contributed by atoms with E-state index in [4.69, 9.17) is 20.2 Å². The summed E-state index contributed by atoms with van der Waals surface area (Å²) in [6.45, 7) is 0. The molecule has 0 aliphatic rings. The molecular formula is C25H22Br5O7Sb. The number of hydrogen-bond acceptors (Lipinski definition) is 7. The van der Waals surface area contributed by atoms with Crippen molar-refractivity contribution in [3.8, 4) is 17.2 Å². The average molecular weight is 956 g/mol. The van der Waals surface area contributed by atoms with Gasteiger partial charge in [0, 0.05) is 0 Å². The van der Waals surface area contributed by atoms with Crippen molar-refractivity contribution in [1.82, 2.24) is 0 Å². The molecule has 0 aliphatic carbocycles. The molecule has 0 radical (unpaired) electrons. The summed E-state index contributed by atoms with van der Waals surface area (Å²) in [6, 6.07) is 15.7. The molecule has 0 bridgehead atoms. The van der Waals surface area contributed by atoms with Gasteiger partial charge in [-0.25, -0.2) is 0 Å². The van der Waals surface area contributed by atoms with Crippen LogP contribution in [0.3, 0.4) is 0 Å². The van der Waals surface area contributed by atoms with Crippen molar-refractivity contribution >= 4 is 120 Å². The zero-order chi connectivity index (χ0) is 28.1. The van der Waals surface area contributed by atoms with E-state index in [1.54, 1.807) is 54.6 Å². The molecule has 0 N–H and O–H groups in total. The zero-order valence-corrected chi connectivity index (χ0v) is 30.8. The third kappa shape index (κ3) is 5.81. The molecule has 7 nitrogen and oxygen atoms in total. The van der Waals surface area contributed by atoms with E-state index in [1.165, 1.54) is 21.3 Å². The van der Waals surface area contributed by atoms with Crippen LogP contribution in [0.15, 0.2) is 68.0 Å². The minimum atomic E-state index is -6.45. The number of benzene rings is 3. The van der Waals surface area contributed by atoms with Crippen LogP contribution in [-0.4, -0.2) is 62.2 Å². The summed E-state index contributed by atoms with van der Waals surface area (Å²) in [4.78, 5) is 27.0. The fraction of sp³-hybridized carbons (Fsp3) is 0.200. The Morgan fingerprint density at radius 3 is 1.13 bits per heavy atom. The van der Waals surface area contributed by atoms with Crippen LogP contribution in [0.2, 0.25) is 0 Å². The Labute approximate surface area is 264 Å². The van der Waals surface area contributed by atoms with E-state index in [-0.39, 0.29) is 10.7 Å². The van der Waals surface area contributed by atoms with Crippen LogP contribution in [0.5, 0.6) is 17.2 Å². The summed E-state index contributed by atoms with van der Waals surface area (Å²) in [5.74, 6) is -0.322. The average Bonchev–Trinajstić information content (AvgIpc) is 2.92. The molecule has 0 heterocycles. The van der Waals surface area contributed by atoms with Gasteiger partial charge < -0.3 is 0 Å². The molecule has 0 fully saturated rings. The Hall–Kier alpha value is -0.782. The van der Waals surface area contributed by atoms with Gasteiger partial charge in [0.1, 0.15) is 0 Å². The third-order valence-corrected chi connectivity index (χ3v) is 21.5. The molecule has 0 spiro atoms. The number of alkyl halides is 2. The third-order valence-electron chi connectivity index (χ3n) is 5.51. The first-order chi connectivity index (χ1) is 18.1. The standard InChI is InChI=1S/3C7H6BrO.2C2H3BrO2.Sb/c3*1-9-7-4-2-6(8)3-5-7;2*3-1-2(4)5;/h3*2-4H,1H3;2*1H2,(H,4,5);/q;;;;;+2/p-2. The normalized spacial score (nSPS) is 12.2. The molecule has 0 aliphatic heterocycles. The fourth-order valence-corrected chi connectivity index (χ4v) is 22.7. The number of halogens is 5. The van der Waals surface area contributed by atoms with Crippen molar-refractivity contribution in [3.05, 3.63) is 68.0 Å². The van der Waals surface area contributed by atoms with E-state index in [1.807, 2.05) is 0 Å². The second-order valence-corrected chi connectivity index (χ2v) is 22.1. The van der Waals surface area contributed by atoms with E-state index in [9.17, 15) is 9.59 Å². The summed E-state index contributed by atoms with van der Waals surface area (Å²) in [5, 5.41) is -0.354. The van der Waals surface area contributed by atoms with Gasteiger partial charge >= 0.3 is 267 Å². The van der Waals surface area contributed by atoms with Crippen molar-refractivity contribution < 1.29 is 29.8 Å². The van der Waals surface area contributed by atoms with Gasteiger partial charge in [-0.05, 0) is 0 Å². The molecule has 0 amide bonds. The molecule has 0 unspecified atom stereocenters. The van der Waals surface area contributed by atoms with Crippen molar-refractivity contribution in [2.45, 2.75) is 0 Å². The van der Waals surface area contributed by atoms with Crippen LogP contribution in [-0.2, 0) is 15.6 Å². The second-order valence-electron chi connectivity index (χ2n) is 7.60. The van der Waals surface area contributed by atoms with Gasteiger partial charge in [0.2, 0.25) is 0 Å². The Balaban J connectivity index is 2.86. The number of methoxy groups -OCH3 is 3. The molecular weight excluding hydrogens is 934 g/mol. The fourth-order valence-electron chi connectivity index (χ4n) is 4.08. The number of ether oxygens (including phenoxy) is 3. The molecule has 38 heavy (non-hydrogen) atoms. The van der Waals surface area contributed by atoms with Crippen LogP contribution in [0.4, 0.5) is 0 Å². The van der Waals surface area contributed by atoms with E-state index in [0.717, 1.165) is 0 Å². The van der Waals surface area contributed by atoms with Gasteiger partial charge in [-0.1, -0.05) is 0 Å². The Morgan fingerprint density at radius 1 is 0.605 bits per heavy atom. The minimum absolute atomic E-state index is 0.177. The first-order valence-corrected chi connectivity index (χ1v) is 21.2. The van der Waals surface area contributed by atoms with Crippen molar-refractivity contribution in [2.24, 2.45) is 0 Å². The number of hydrogen-bond donors (Lipinski definition) is 0. The summed E-state index contributed by atoms with van der Waals surface area (Å²) >= 11 is 10.7. The molecule has 0 atom stereocenters. The molecule has 3 aromatic carbocycles. The molecule has 0 saturated carbocycles. The van der Waals surface area contributed by atoms with Crippen LogP contribution in [0, 0.1) is 0 Å². The van der Waals surface area contributed by atoms with Crippen molar-refractivity contribution in [3.63, 3.8) is 0 Å². The molecule has 0 aromatic heterocycles. The molecule has 0 saturated heterocycles. The maximum absolute atomic E-state index is 13.5. The first-order valence-electron chi connectivity index (χ1n) is 10.7. The number of rotatable bonds is 10. The van der Waals surface area contributed by atoms with Gasteiger partial charge in [-0.2, -0.15) is 0 Å². The molecule has 3 rings (SSSR count). The van der Waals surface area contributed by atoms with E-state index in [0.29, 0.717) is 41.2 Å². The predicted molar refractivity (Wildman–Crippen MR) is 167 cm³/mol. The predicted octanol–water partition coefficient (Wildman–Crippen LogP) is 5.29. The Bertz CT molecular complexity index is 1210. The van der Waals surface area contributed by atoms with Gasteiger partial charge in [-0.3, -0.25) is 0 Å². The Kier molecular flexibility index (Phi) is 11.1. The monoisotopic (exact) mass is 950 g/mol. The second kappa shape index (κ2) is 13.3. The summed E-state index contributed by atoms with van der Waals surface area (Å²) < 4.78 is 33.8. The van der Waals surface area contributed by atoms with Gasteiger partial charge in [0.15, 0.2) is 0 Å². The van der Waals surface area contributed by atoms with Crippen LogP contribution in [0.25, 0.3) is 0 Å². The molecule has 13 heteroatoms. The van der Waals surface area contributed by atoms with Gasteiger partial charge in [-0.15, -0.1) is 0 Å². The summed E-state index contributed by atoms with van der Waals surface area (Å²) in [7, 11) is 4.47. The first kappa shape index (κ1) is 31.7.